The third kappa shape index (κ3) is 3.45. The normalized spacial score (nSPS) is 19.0. The number of aromatic nitrogens is 1. The molecule has 1 aliphatic rings. The Balaban J connectivity index is 1.73. The van der Waals surface area contributed by atoms with Crippen LogP contribution in [0.2, 0.25) is 0 Å². The first kappa shape index (κ1) is 15.7. The van der Waals surface area contributed by atoms with Crippen molar-refractivity contribution in [3.05, 3.63) is 52.4 Å². The van der Waals surface area contributed by atoms with Gasteiger partial charge in [-0.15, -0.1) is 0 Å². The molecule has 1 fully saturated rings. The first-order chi connectivity index (χ1) is 11.0. The van der Waals surface area contributed by atoms with Gasteiger partial charge in [-0.2, -0.15) is 0 Å². The van der Waals surface area contributed by atoms with Crippen molar-refractivity contribution in [1.82, 2.24) is 10.1 Å². The quantitative estimate of drug-likeness (QED) is 0.937. The van der Waals surface area contributed by atoms with Crippen molar-refractivity contribution >= 4 is 5.97 Å². The lowest BCUT2D eigenvalue weighted by molar-refractivity contribution is 0.0696. The van der Waals surface area contributed by atoms with Crippen molar-refractivity contribution in [3.8, 4) is 0 Å². The lowest BCUT2D eigenvalue weighted by atomic mass is 9.89. The highest BCUT2D eigenvalue weighted by Gasteiger charge is 2.23. The van der Waals surface area contributed by atoms with Gasteiger partial charge in [0.1, 0.15) is 5.76 Å². The SMILES string of the molecule is Cc1noc(C)c1CN1CCC[C@@H](c2cccc(C(=O)O)c2)C1. The Morgan fingerprint density at radius 1 is 1.43 bits per heavy atom. The van der Waals surface area contributed by atoms with Crippen LogP contribution in [0, 0.1) is 13.8 Å². The molecule has 0 saturated carbocycles. The minimum atomic E-state index is -0.866. The Morgan fingerprint density at radius 3 is 2.96 bits per heavy atom. The average Bonchev–Trinajstić information content (AvgIpc) is 2.87. The van der Waals surface area contributed by atoms with Crippen molar-refractivity contribution in [2.45, 2.75) is 39.2 Å². The van der Waals surface area contributed by atoms with Gasteiger partial charge < -0.3 is 9.63 Å². The highest BCUT2D eigenvalue weighted by molar-refractivity contribution is 5.87. The molecule has 1 saturated heterocycles. The van der Waals surface area contributed by atoms with Gasteiger partial charge in [-0.1, -0.05) is 17.3 Å². The minimum Gasteiger partial charge on any atom is -0.478 e. The number of likely N-dealkylation sites (tertiary alicyclic amines) is 1. The van der Waals surface area contributed by atoms with Gasteiger partial charge in [0.2, 0.25) is 0 Å². The zero-order valence-electron chi connectivity index (χ0n) is 13.6. The van der Waals surface area contributed by atoms with Gasteiger partial charge in [0, 0.05) is 18.7 Å². The second-order valence-electron chi connectivity index (χ2n) is 6.31. The fraction of sp³-hybridized carbons (Fsp3) is 0.444. The smallest absolute Gasteiger partial charge is 0.335 e. The molecule has 3 rings (SSSR count). The summed E-state index contributed by atoms with van der Waals surface area (Å²) in [7, 11) is 0. The molecule has 0 radical (unpaired) electrons. The molecule has 1 aliphatic heterocycles. The van der Waals surface area contributed by atoms with Crippen LogP contribution in [0.3, 0.4) is 0 Å². The molecule has 0 spiro atoms. The van der Waals surface area contributed by atoms with E-state index in [2.05, 4.69) is 10.1 Å². The van der Waals surface area contributed by atoms with Gasteiger partial charge in [0.25, 0.3) is 0 Å². The molecular weight excluding hydrogens is 292 g/mol. The summed E-state index contributed by atoms with van der Waals surface area (Å²) in [6.07, 6.45) is 2.21. The number of aryl methyl sites for hydroxylation is 2. The fourth-order valence-electron chi connectivity index (χ4n) is 3.35. The van der Waals surface area contributed by atoms with Gasteiger partial charge in [0.05, 0.1) is 11.3 Å². The van der Waals surface area contributed by atoms with Gasteiger partial charge >= 0.3 is 5.97 Å². The molecular formula is C18H22N2O3. The number of carboxylic acid groups (broad SMARTS) is 1. The summed E-state index contributed by atoms with van der Waals surface area (Å²) in [4.78, 5) is 13.6. The van der Waals surface area contributed by atoms with Crippen LogP contribution in [-0.2, 0) is 6.54 Å². The van der Waals surface area contributed by atoms with Gasteiger partial charge in [-0.3, -0.25) is 4.90 Å². The highest BCUT2D eigenvalue weighted by atomic mass is 16.5. The van der Waals surface area contributed by atoms with E-state index < -0.39 is 5.97 Å². The van der Waals surface area contributed by atoms with Crippen LogP contribution in [0.4, 0.5) is 0 Å². The van der Waals surface area contributed by atoms with Crippen LogP contribution in [0.1, 0.15) is 51.7 Å². The summed E-state index contributed by atoms with van der Waals surface area (Å²) in [5.74, 6) is 0.399. The van der Waals surface area contributed by atoms with E-state index in [0.717, 1.165) is 49.5 Å². The van der Waals surface area contributed by atoms with E-state index in [9.17, 15) is 4.79 Å². The Kier molecular flexibility index (Phi) is 4.48. The number of piperidine rings is 1. The molecule has 0 unspecified atom stereocenters. The predicted octanol–water partition coefficient (Wildman–Crippen LogP) is 3.37. The third-order valence-corrected chi connectivity index (χ3v) is 4.67. The number of aromatic carboxylic acids is 1. The maximum Gasteiger partial charge on any atom is 0.335 e. The molecule has 1 atom stereocenters. The van der Waals surface area contributed by atoms with Crippen LogP contribution in [-0.4, -0.2) is 34.2 Å². The molecule has 2 aromatic rings. The maximum absolute atomic E-state index is 11.2. The van der Waals surface area contributed by atoms with Crippen LogP contribution < -0.4 is 0 Å². The first-order valence-corrected chi connectivity index (χ1v) is 8.02. The van der Waals surface area contributed by atoms with E-state index >= 15 is 0 Å². The van der Waals surface area contributed by atoms with Gasteiger partial charge in [0.15, 0.2) is 0 Å². The van der Waals surface area contributed by atoms with E-state index in [1.165, 1.54) is 5.56 Å². The molecule has 23 heavy (non-hydrogen) atoms. The Morgan fingerprint density at radius 2 is 2.26 bits per heavy atom. The summed E-state index contributed by atoms with van der Waals surface area (Å²) in [6.45, 7) is 6.76. The average molecular weight is 314 g/mol. The van der Waals surface area contributed by atoms with E-state index in [1.807, 2.05) is 32.0 Å². The van der Waals surface area contributed by atoms with Crippen LogP contribution in [0.5, 0.6) is 0 Å². The first-order valence-electron chi connectivity index (χ1n) is 8.02. The summed E-state index contributed by atoms with van der Waals surface area (Å²) >= 11 is 0. The largest absolute Gasteiger partial charge is 0.478 e. The van der Waals surface area contributed by atoms with Crippen molar-refractivity contribution in [3.63, 3.8) is 0 Å². The van der Waals surface area contributed by atoms with Crippen molar-refractivity contribution in [2.75, 3.05) is 13.1 Å². The molecule has 2 heterocycles. The lowest BCUT2D eigenvalue weighted by Gasteiger charge is -2.33. The van der Waals surface area contributed by atoms with E-state index in [4.69, 9.17) is 9.63 Å². The van der Waals surface area contributed by atoms with Crippen molar-refractivity contribution in [2.24, 2.45) is 0 Å². The highest BCUT2D eigenvalue weighted by Crippen LogP contribution is 2.29. The van der Waals surface area contributed by atoms with Gasteiger partial charge in [-0.05, 0) is 56.8 Å². The molecule has 0 amide bonds. The standard InChI is InChI=1S/C18H22N2O3/c1-12-17(13(2)23-19-12)11-20-8-4-7-16(10-20)14-5-3-6-15(9-14)18(21)22/h3,5-6,9,16H,4,7-8,10-11H2,1-2H3,(H,21,22)/t16-/m1/s1. The molecule has 5 heteroatoms. The number of hydrogen-bond donors (Lipinski definition) is 1. The van der Waals surface area contributed by atoms with E-state index in [0.29, 0.717) is 11.5 Å². The van der Waals surface area contributed by atoms with Crippen molar-refractivity contribution in [1.29, 1.82) is 0 Å². The molecule has 0 aliphatic carbocycles. The monoisotopic (exact) mass is 314 g/mol. The van der Waals surface area contributed by atoms with E-state index in [-0.39, 0.29) is 0 Å². The summed E-state index contributed by atoms with van der Waals surface area (Å²) in [6, 6.07) is 7.34. The summed E-state index contributed by atoms with van der Waals surface area (Å²) in [5, 5.41) is 13.2. The fourth-order valence-corrected chi connectivity index (χ4v) is 3.35. The van der Waals surface area contributed by atoms with E-state index in [1.54, 1.807) is 6.07 Å². The maximum atomic E-state index is 11.2. The number of nitrogens with zero attached hydrogens (tertiary/aromatic N) is 2. The lowest BCUT2D eigenvalue weighted by Crippen LogP contribution is -2.34. The summed E-state index contributed by atoms with van der Waals surface area (Å²) < 4.78 is 5.25. The molecule has 1 N–H and O–H groups in total. The number of hydrogen-bond acceptors (Lipinski definition) is 4. The zero-order valence-corrected chi connectivity index (χ0v) is 13.6. The Labute approximate surface area is 135 Å². The molecule has 1 aromatic carbocycles. The van der Waals surface area contributed by atoms with Crippen molar-refractivity contribution < 1.29 is 14.4 Å². The topological polar surface area (TPSA) is 66.6 Å². The second-order valence-corrected chi connectivity index (χ2v) is 6.31. The van der Waals surface area contributed by atoms with Gasteiger partial charge in [-0.25, -0.2) is 4.79 Å². The molecule has 122 valence electrons. The Bertz CT molecular complexity index is 689. The third-order valence-electron chi connectivity index (χ3n) is 4.67. The van der Waals surface area contributed by atoms with Crippen LogP contribution >= 0.6 is 0 Å². The zero-order chi connectivity index (χ0) is 16.4. The van der Waals surface area contributed by atoms with Crippen LogP contribution in [0.25, 0.3) is 0 Å². The minimum absolute atomic E-state index is 0.366. The second kappa shape index (κ2) is 6.54. The Hall–Kier alpha value is -2.14. The molecule has 0 bridgehead atoms. The van der Waals surface area contributed by atoms with Crippen LogP contribution in [0.15, 0.2) is 28.8 Å². The molecule has 1 aromatic heterocycles. The number of carboxylic acids is 1. The number of carbonyl (C=O) groups is 1. The number of benzene rings is 1. The predicted molar refractivity (Wildman–Crippen MR) is 86.6 cm³/mol. The molecule has 5 nitrogen and oxygen atoms in total. The number of rotatable bonds is 4. The summed E-state index contributed by atoms with van der Waals surface area (Å²) in [5.41, 5.74) is 3.61.